The van der Waals surface area contributed by atoms with Crippen LogP contribution in [0.4, 0.5) is 10.1 Å². The largest absolute Gasteiger partial charge is 0.497 e. The molecule has 0 radical (unpaired) electrons. The summed E-state index contributed by atoms with van der Waals surface area (Å²) in [6, 6.07) is 8.15. The molecule has 0 saturated heterocycles. The van der Waals surface area contributed by atoms with E-state index in [1.807, 2.05) is 13.0 Å². The first-order chi connectivity index (χ1) is 19.8. The average Bonchev–Trinajstić information content (AvgIpc) is 3.35. The van der Waals surface area contributed by atoms with Crippen LogP contribution in [0.3, 0.4) is 0 Å². The Morgan fingerprint density at radius 3 is 2.50 bits per heavy atom. The molecule has 9 heteroatoms. The fourth-order valence-electron chi connectivity index (χ4n) is 6.00. The minimum atomic E-state index is -1.32. The summed E-state index contributed by atoms with van der Waals surface area (Å²) in [6.45, 7) is 9.90. The second kappa shape index (κ2) is 11.2. The quantitative estimate of drug-likeness (QED) is 0.323. The van der Waals surface area contributed by atoms with E-state index in [2.05, 4.69) is 0 Å². The van der Waals surface area contributed by atoms with Crippen molar-refractivity contribution in [3.63, 3.8) is 0 Å². The maximum absolute atomic E-state index is 15.6. The summed E-state index contributed by atoms with van der Waals surface area (Å²) < 4.78 is 32.6. The molecule has 3 aromatic rings. The highest BCUT2D eigenvalue weighted by molar-refractivity contribution is 6.34. The maximum Gasteiger partial charge on any atom is 0.337 e. The zero-order valence-corrected chi connectivity index (χ0v) is 25.4. The van der Waals surface area contributed by atoms with Gasteiger partial charge in [0.15, 0.2) is 17.7 Å². The number of amides is 1. The Kier molecular flexibility index (Phi) is 7.98. The smallest absolute Gasteiger partial charge is 0.337 e. The molecule has 0 aromatic heterocycles. The molecular weight excluding hydrogens is 561 g/mol. The van der Waals surface area contributed by atoms with Crippen molar-refractivity contribution in [3.05, 3.63) is 74.6 Å². The molecule has 0 fully saturated rings. The van der Waals surface area contributed by atoms with Gasteiger partial charge in [-0.2, -0.15) is 0 Å². The summed E-state index contributed by atoms with van der Waals surface area (Å²) in [5, 5.41) is 10.7. The molecule has 2 heterocycles. The first kappa shape index (κ1) is 29.9. The van der Waals surface area contributed by atoms with E-state index in [1.165, 1.54) is 13.2 Å². The Labute approximate surface area is 250 Å². The van der Waals surface area contributed by atoms with E-state index in [0.717, 1.165) is 23.1 Å². The zero-order chi connectivity index (χ0) is 30.5. The van der Waals surface area contributed by atoms with E-state index in [0.29, 0.717) is 65.2 Å². The molecule has 5 rings (SSSR count). The standard InChI is InChI=1S/C33H35ClFNO6/c1-17-14-26-22(11-12-36(26)31(37)21-10-9-19(40-6)15-24(21)34)28(27(17)30(32(38)39)42-33(3,4)5)23-16-25(35)29-20(18(23)2)8-7-13-41-29/h9-10,14-16,30H,7-8,11-13H2,1-6H3,(H,38,39)/t30-/m0/s1. The molecular formula is C33H35ClFNO6. The Morgan fingerprint density at radius 1 is 1.12 bits per heavy atom. The van der Waals surface area contributed by atoms with Crippen molar-refractivity contribution in [2.45, 2.75) is 65.6 Å². The van der Waals surface area contributed by atoms with Crippen molar-refractivity contribution in [2.75, 3.05) is 25.2 Å². The van der Waals surface area contributed by atoms with E-state index in [4.69, 9.17) is 25.8 Å². The minimum Gasteiger partial charge on any atom is -0.497 e. The van der Waals surface area contributed by atoms with Crippen molar-refractivity contribution in [1.29, 1.82) is 0 Å². The molecule has 0 saturated carbocycles. The number of nitrogens with zero attached hydrogens (tertiary/aromatic N) is 1. The van der Waals surface area contributed by atoms with Gasteiger partial charge in [0.2, 0.25) is 0 Å². The number of aliphatic carboxylic acids is 1. The number of methoxy groups -OCH3 is 1. The van der Waals surface area contributed by atoms with Gasteiger partial charge in [-0.15, -0.1) is 0 Å². The fourth-order valence-corrected chi connectivity index (χ4v) is 6.25. The molecule has 42 heavy (non-hydrogen) atoms. The van der Waals surface area contributed by atoms with Crippen LogP contribution in [-0.4, -0.2) is 42.8 Å². The Balaban J connectivity index is 1.76. The lowest BCUT2D eigenvalue weighted by atomic mass is 9.83. The molecule has 2 aliphatic rings. The Bertz CT molecular complexity index is 1590. The van der Waals surface area contributed by atoms with Gasteiger partial charge in [-0.25, -0.2) is 9.18 Å². The Hall–Kier alpha value is -3.62. The highest BCUT2D eigenvalue weighted by Gasteiger charge is 2.37. The minimum absolute atomic E-state index is 0.250. The van der Waals surface area contributed by atoms with Crippen LogP contribution in [0, 0.1) is 19.7 Å². The number of benzene rings is 3. The number of carboxylic acid groups (broad SMARTS) is 1. The second-order valence-electron chi connectivity index (χ2n) is 11.8. The number of carboxylic acids is 1. The van der Waals surface area contributed by atoms with Crippen LogP contribution in [0.2, 0.25) is 5.02 Å². The predicted molar refractivity (Wildman–Crippen MR) is 160 cm³/mol. The molecule has 7 nitrogen and oxygen atoms in total. The lowest BCUT2D eigenvalue weighted by Gasteiger charge is -2.30. The van der Waals surface area contributed by atoms with E-state index in [1.54, 1.807) is 50.8 Å². The molecule has 0 spiro atoms. The number of fused-ring (bicyclic) bond motifs is 2. The maximum atomic E-state index is 15.6. The number of carbonyl (C=O) groups is 2. The molecule has 0 aliphatic carbocycles. The van der Waals surface area contributed by atoms with Crippen LogP contribution >= 0.6 is 11.6 Å². The summed E-state index contributed by atoms with van der Waals surface area (Å²) in [5.41, 5.74) is 4.77. The molecule has 222 valence electrons. The molecule has 1 N–H and O–H groups in total. The van der Waals surface area contributed by atoms with Gasteiger partial charge in [-0.1, -0.05) is 11.6 Å². The first-order valence-electron chi connectivity index (χ1n) is 14.0. The van der Waals surface area contributed by atoms with Gasteiger partial charge in [0, 0.05) is 23.4 Å². The molecule has 1 amide bonds. The monoisotopic (exact) mass is 595 g/mol. The van der Waals surface area contributed by atoms with Gasteiger partial charge < -0.3 is 24.2 Å². The number of halogens is 2. The van der Waals surface area contributed by atoms with Gasteiger partial charge in [-0.05, 0) is 112 Å². The number of hydrogen-bond acceptors (Lipinski definition) is 5. The van der Waals surface area contributed by atoms with Crippen molar-refractivity contribution in [3.8, 4) is 22.6 Å². The summed E-state index contributed by atoms with van der Waals surface area (Å²) >= 11 is 6.47. The van der Waals surface area contributed by atoms with Gasteiger partial charge in [0.25, 0.3) is 5.91 Å². The van der Waals surface area contributed by atoms with Crippen LogP contribution < -0.4 is 14.4 Å². The van der Waals surface area contributed by atoms with E-state index < -0.39 is 23.5 Å². The molecule has 0 bridgehead atoms. The molecule has 3 aromatic carbocycles. The highest BCUT2D eigenvalue weighted by Crippen LogP contribution is 2.48. The van der Waals surface area contributed by atoms with Crippen molar-refractivity contribution >= 4 is 29.2 Å². The van der Waals surface area contributed by atoms with Crippen molar-refractivity contribution in [2.24, 2.45) is 0 Å². The molecule has 1 atom stereocenters. The number of hydrogen-bond donors (Lipinski definition) is 1. The number of aryl methyl sites for hydroxylation is 1. The van der Waals surface area contributed by atoms with Gasteiger partial charge in [-0.3, -0.25) is 4.79 Å². The zero-order valence-electron chi connectivity index (χ0n) is 24.7. The Morgan fingerprint density at radius 2 is 1.86 bits per heavy atom. The van der Waals surface area contributed by atoms with Crippen molar-refractivity contribution in [1.82, 2.24) is 0 Å². The predicted octanol–water partition coefficient (Wildman–Crippen LogP) is 7.24. The third-order valence-corrected chi connectivity index (χ3v) is 8.16. The van der Waals surface area contributed by atoms with Crippen molar-refractivity contribution < 1.29 is 33.3 Å². The van der Waals surface area contributed by atoms with Gasteiger partial charge >= 0.3 is 5.97 Å². The van der Waals surface area contributed by atoms with Crippen LogP contribution in [-0.2, 0) is 22.4 Å². The second-order valence-corrected chi connectivity index (χ2v) is 12.2. The SMILES string of the molecule is COc1ccc(C(=O)N2CCc3c2cc(C)c([C@H](OC(C)(C)C)C(=O)O)c3-c2cc(F)c3c(c2C)CCCO3)c(Cl)c1. The summed E-state index contributed by atoms with van der Waals surface area (Å²) in [5.74, 6) is -1.15. The first-order valence-corrected chi connectivity index (χ1v) is 14.4. The third kappa shape index (κ3) is 5.34. The average molecular weight is 596 g/mol. The van der Waals surface area contributed by atoms with Crippen LogP contribution in [0.5, 0.6) is 11.5 Å². The lowest BCUT2D eigenvalue weighted by Crippen LogP contribution is -2.30. The van der Waals surface area contributed by atoms with Gasteiger partial charge in [0.05, 0.1) is 29.9 Å². The summed E-state index contributed by atoms with van der Waals surface area (Å²) in [7, 11) is 1.52. The fraction of sp³-hybridized carbons (Fsp3) is 0.394. The van der Waals surface area contributed by atoms with Crippen LogP contribution in [0.15, 0.2) is 30.3 Å². The van der Waals surface area contributed by atoms with Crippen LogP contribution in [0.25, 0.3) is 11.1 Å². The summed E-state index contributed by atoms with van der Waals surface area (Å²) in [6.07, 6.45) is 0.525. The van der Waals surface area contributed by atoms with Gasteiger partial charge in [0.1, 0.15) is 5.75 Å². The number of ether oxygens (including phenoxy) is 3. The number of rotatable bonds is 6. The number of carbonyl (C=O) groups excluding carboxylic acids is 1. The summed E-state index contributed by atoms with van der Waals surface area (Å²) in [4.78, 5) is 28.2. The lowest BCUT2D eigenvalue weighted by molar-refractivity contribution is -0.160. The van der Waals surface area contributed by atoms with E-state index in [9.17, 15) is 14.7 Å². The number of anilines is 1. The highest BCUT2D eigenvalue weighted by atomic mass is 35.5. The molecule has 2 aliphatic heterocycles. The van der Waals surface area contributed by atoms with E-state index >= 15 is 4.39 Å². The van der Waals surface area contributed by atoms with Crippen LogP contribution in [0.1, 0.15) is 71.5 Å². The molecule has 0 unspecified atom stereocenters. The third-order valence-electron chi connectivity index (χ3n) is 7.85. The normalized spacial score (nSPS) is 15.1. The van der Waals surface area contributed by atoms with E-state index in [-0.39, 0.29) is 16.7 Å². The topological polar surface area (TPSA) is 85.3 Å².